The first-order valence-electron chi connectivity index (χ1n) is 9.40. The minimum Gasteiger partial charge on any atom is -0.454 e. The summed E-state index contributed by atoms with van der Waals surface area (Å²) in [5, 5.41) is 2.88. The van der Waals surface area contributed by atoms with Crippen LogP contribution < -0.4 is 14.8 Å². The van der Waals surface area contributed by atoms with Gasteiger partial charge in [0.25, 0.3) is 0 Å². The Labute approximate surface area is 153 Å². The van der Waals surface area contributed by atoms with E-state index in [0.717, 1.165) is 62.4 Å². The van der Waals surface area contributed by atoms with Gasteiger partial charge in [-0.2, -0.15) is 0 Å². The highest BCUT2D eigenvalue weighted by Gasteiger charge is 2.28. The van der Waals surface area contributed by atoms with Crippen LogP contribution in [0.1, 0.15) is 31.2 Å². The molecule has 1 aliphatic carbocycles. The number of carbonyl (C=O) groups is 2. The average molecular weight is 359 g/mol. The van der Waals surface area contributed by atoms with Crippen LogP contribution in [0.4, 0.5) is 0 Å². The van der Waals surface area contributed by atoms with Crippen molar-refractivity contribution in [1.29, 1.82) is 0 Å². The standard InChI is InChI=1S/C19H25N3O4/c23-18(20-15-3-1-2-4-15)19(24)22-9-7-21(8-10-22)12-14-5-6-16-17(11-14)26-13-25-16/h5-6,11,15H,1-4,7-10,12-13H2,(H,20,23). The zero-order chi connectivity index (χ0) is 17.9. The third kappa shape index (κ3) is 3.77. The molecule has 1 saturated carbocycles. The molecular formula is C19H25N3O4. The summed E-state index contributed by atoms with van der Waals surface area (Å²) in [4.78, 5) is 28.4. The van der Waals surface area contributed by atoms with E-state index in [-0.39, 0.29) is 18.7 Å². The predicted octanol–water partition coefficient (Wildman–Crippen LogP) is 1.12. The lowest BCUT2D eigenvalue weighted by Gasteiger charge is -2.34. The van der Waals surface area contributed by atoms with Gasteiger partial charge in [0.15, 0.2) is 11.5 Å². The third-order valence-electron chi connectivity index (χ3n) is 5.39. The highest BCUT2D eigenvalue weighted by Crippen LogP contribution is 2.32. The zero-order valence-electron chi connectivity index (χ0n) is 14.9. The van der Waals surface area contributed by atoms with E-state index in [1.165, 1.54) is 0 Å². The number of hydrogen-bond acceptors (Lipinski definition) is 5. The molecule has 4 rings (SSSR count). The summed E-state index contributed by atoms with van der Waals surface area (Å²) in [5.74, 6) is 0.748. The summed E-state index contributed by atoms with van der Waals surface area (Å²) in [5.41, 5.74) is 1.16. The molecule has 0 spiro atoms. The molecule has 0 unspecified atom stereocenters. The molecule has 0 bridgehead atoms. The Kier molecular flexibility index (Phi) is 4.97. The normalized spacial score (nSPS) is 20.4. The predicted molar refractivity (Wildman–Crippen MR) is 94.8 cm³/mol. The van der Waals surface area contributed by atoms with Gasteiger partial charge in [-0.1, -0.05) is 18.9 Å². The van der Waals surface area contributed by atoms with Crippen LogP contribution in [0.15, 0.2) is 18.2 Å². The van der Waals surface area contributed by atoms with Gasteiger partial charge in [-0.25, -0.2) is 0 Å². The summed E-state index contributed by atoms with van der Waals surface area (Å²) >= 11 is 0. The first-order chi connectivity index (χ1) is 12.7. The molecule has 2 amide bonds. The highest BCUT2D eigenvalue weighted by atomic mass is 16.7. The smallest absolute Gasteiger partial charge is 0.311 e. The Bertz CT molecular complexity index is 679. The minimum absolute atomic E-state index is 0.179. The number of rotatable bonds is 3. The highest BCUT2D eigenvalue weighted by molar-refractivity contribution is 6.35. The molecule has 2 fully saturated rings. The largest absolute Gasteiger partial charge is 0.454 e. The van der Waals surface area contributed by atoms with Gasteiger partial charge in [0, 0.05) is 38.8 Å². The molecule has 1 aromatic carbocycles. The van der Waals surface area contributed by atoms with Crippen molar-refractivity contribution in [1.82, 2.24) is 15.1 Å². The molecular weight excluding hydrogens is 334 g/mol. The Morgan fingerprint density at radius 3 is 2.54 bits per heavy atom. The maximum absolute atomic E-state index is 12.3. The maximum Gasteiger partial charge on any atom is 0.311 e. The molecule has 1 saturated heterocycles. The molecule has 0 aromatic heterocycles. The van der Waals surface area contributed by atoms with Gasteiger partial charge in [-0.3, -0.25) is 14.5 Å². The minimum atomic E-state index is -0.443. The van der Waals surface area contributed by atoms with E-state index in [2.05, 4.69) is 10.2 Å². The van der Waals surface area contributed by atoms with Gasteiger partial charge in [0.05, 0.1) is 0 Å². The van der Waals surface area contributed by atoms with Gasteiger partial charge in [0.1, 0.15) is 0 Å². The van der Waals surface area contributed by atoms with Crippen LogP contribution in [0.3, 0.4) is 0 Å². The van der Waals surface area contributed by atoms with Crippen LogP contribution in [0.2, 0.25) is 0 Å². The summed E-state index contributed by atoms with van der Waals surface area (Å²) in [6.07, 6.45) is 4.25. The second-order valence-corrected chi connectivity index (χ2v) is 7.21. The quantitative estimate of drug-likeness (QED) is 0.819. The fourth-order valence-electron chi connectivity index (χ4n) is 3.87. The van der Waals surface area contributed by atoms with Crippen LogP contribution in [-0.4, -0.2) is 60.6 Å². The average Bonchev–Trinajstić information content (AvgIpc) is 3.33. The van der Waals surface area contributed by atoms with E-state index in [1.54, 1.807) is 4.90 Å². The molecule has 7 nitrogen and oxygen atoms in total. The number of amides is 2. The SMILES string of the molecule is O=C(NC1CCCC1)C(=O)N1CCN(Cc2ccc3c(c2)OCO3)CC1. The summed E-state index contributed by atoms with van der Waals surface area (Å²) in [6, 6.07) is 6.17. The van der Waals surface area contributed by atoms with Gasteiger partial charge in [-0.15, -0.1) is 0 Å². The molecule has 2 aliphatic heterocycles. The third-order valence-corrected chi connectivity index (χ3v) is 5.39. The van der Waals surface area contributed by atoms with E-state index >= 15 is 0 Å². The van der Waals surface area contributed by atoms with E-state index in [4.69, 9.17) is 9.47 Å². The van der Waals surface area contributed by atoms with Gasteiger partial charge in [-0.05, 0) is 30.5 Å². The topological polar surface area (TPSA) is 71.1 Å². The fourth-order valence-corrected chi connectivity index (χ4v) is 3.87. The van der Waals surface area contributed by atoms with Crippen LogP contribution in [0.5, 0.6) is 11.5 Å². The monoisotopic (exact) mass is 359 g/mol. The van der Waals surface area contributed by atoms with Crippen molar-refractivity contribution in [2.45, 2.75) is 38.3 Å². The van der Waals surface area contributed by atoms with E-state index < -0.39 is 5.91 Å². The van der Waals surface area contributed by atoms with Gasteiger partial charge < -0.3 is 19.7 Å². The van der Waals surface area contributed by atoms with Crippen molar-refractivity contribution in [3.8, 4) is 11.5 Å². The molecule has 1 aromatic rings. The number of hydrogen-bond donors (Lipinski definition) is 1. The number of nitrogens with zero attached hydrogens (tertiary/aromatic N) is 2. The summed E-state index contributed by atoms with van der Waals surface area (Å²) < 4.78 is 10.8. The van der Waals surface area contributed by atoms with Crippen LogP contribution in [-0.2, 0) is 16.1 Å². The Balaban J connectivity index is 1.25. The summed E-state index contributed by atoms with van der Waals surface area (Å²) in [6.45, 7) is 3.77. The fraction of sp³-hybridized carbons (Fsp3) is 0.579. The molecule has 26 heavy (non-hydrogen) atoms. The van der Waals surface area contributed by atoms with Crippen molar-refractivity contribution in [2.24, 2.45) is 0 Å². The number of fused-ring (bicyclic) bond motifs is 1. The maximum atomic E-state index is 12.3. The molecule has 2 heterocycles. The lowest BCUT2D eigenvalue weighted by molar-refractivity contribution is -0.147. The molecule has 0 atom stereocenters. The summed E-state index contributed by atoms with van der Waals surface area (Å²) in [7, 11) is 0. The zero-order valence-corrected chi connectivity index (χ0v) is 14.9. The van der Waals surface area contributed by atoms with Crippen molar-refractivity contribution in [3.63, 3.8) is 0 Å². The van der Waals surface area contributed by atoms with Crippen LogP contribution >= 0.6 is 0 Å². The molecule has 3 aliphatic rings. The van der Waals surface area contributed by atoms with Crippen LogP contribution in [0.25, 0.3) is 0 Å². The first kappa shape index (κ1) is 17.1. The lowest BCUT2D eigenvalue weighted by atomic mass is 10.1. The second kappa shape index (κ2) is 7.53. The number of piperazine rings is 1. The first-order valence-corrected chi connectivity index (χ1v) is 9.40. The number of nitrogens with one attached hydrogen (secondary N) is 1. The molecule has 140 valence electrons. The number of ether oxygens (including phenoxy) is 2. The van der Waals surface area contributed by atoms with Crippen LogP contribution in [0, 0.1) is 0 Å². The molecule has 7 heteroatoms. The Morgan fingerprint density at radius 1 is 1.04 bits per heavy atom. The van der Waals surface area contributed by atoms with E-state index in [9.17, 15) is 9.59 Å². The Morgan fingerprint density at radius 2 is 1.77 bits per heavy atom. The molecule has 0 radical (unpaired) electrons. The van der Waals surface area contributed by atoms with Gasteiger partial charge in [0.2, 0.25) is 6.79 Å². The van der Waals surface area contributed by atoms with Crippen molar-refractivity contribution in [3.05, 3.63) is 23.8 Å². The number of carbonyl (C=O) groups excluding carboxylic acids is 2. The van der Waals surface area contributed by atoms with Crippen molar-refractivity contribution in [2.75, 3.05) is 33.0 Å². The van der Waals surface area contributed by atoms with E-state index in [1.807, 2.05) is 18.2 Å². The van der Waals surface area contributed by atoms with Crippen molar-refractivity contribution < 1.29 is 19.1 Å². The lowest BCUT2D eigenvalue weighted by Crippen LogP contribution is -2.53. The number of benzene rings is 1. The van der Waals surface area contributed by atoms with Gasteiger partial charge >= 0.3 is 11.8 Å². The van der Waals surface area contributed by atoms with Crippen molar-refractivity contribution >= 4 is 11.8 Å². The second-order valence-electron chi connectivity index (χ2n) is 7.21. The molecule has 1 N–H and O–H groups in total. The Hall–Kier alpha value is -2.28. The van der Waals surface area contributed by atoms with E-state index in [0.29, 0.717) is 13.1 Å².